The van der Waals surface area contributed by atoms with Gasteiger partial charge in [-0.25, -0.2) is 8.78 Å². The number of hydrogen-bond donors (Lipinski definition) is 1. The molecule has 0 unspecified atom stereocenters. The van der Waals surface area contributed by atoms with E-state index in [1.807, 2.05) is 0 Å². The van der Waals surface area contributed by atoms with E-state index in [1.54, 1.807) is 23.9 Å². The summed E-state index contributed by atoms with van der Waals surface area (Å²) >= 11 is 0. The highest BCUT2D eigenvalue weighted by atomic mass is 19.1. The Bertz CT molecular complexity index is 778. The summed E-state index contributed by atoms with van der Waals surface area (Å²) in [5.41, 5.74) is 7.47. The molecule has 1 aromatic heterocycles. The van der Waals surface area contributed by atoms with Crippen LogP contribution in [0.1, 0.15) is 0 Å². The maximum atomic E-state index is 13.6. The van der Waals surface area contributed by atoms with Gasteiger partial charge in [-0.2, -0.15) is 5.10 Å². The van der Waals surface area contributed by atoms with Gasteiger partial charge in [0.15, 0.2) is 0 Å². The lowest BCUT2D eigenvalue weighted by molar-refractivity contribution is 0.628. The van der Waals surface area contributed by atoms with Crippen LogP contribution in [0, 0.1) is 11.6 Å². The fourth-order valence-corrected chi connectivity index (χ4v) is 2.14. The molecule has 3 aromatic rings. The molecule has 2 aromatic carbocycles. The number of fused-ring (bicyclic) bond motifs is 1. The van der Waals surface area contributed by atoms with Gasteiger partial charge in [-0.3, -0.25) is 4.68 Å². The quantitative estimate of drug-likeness (QED) is 0.682. The predicted molar refractivity (Wildman–Crippen MR) is 70.5 cm³/mol. The number of benzene rings is 2. The minimum atomic E-state index is -0.502. The third-order valence-corrected chi connectivity index (χ3v) is 3.07. The molecule has 0 aliphatic heterocycles. The molecule has 0 atom stereocenters. The molecule has 0 amide bonds. The van der Waals surface area contributed by atoms with Gasteiger partial charge in [0.2, 0.25) is 0 Å². The first-order valence-corrected chi connectivity index (χ1v) is 5.74. The van der Waals surface area contributed by atoms with Crippen molar-refractivity contribution in [3.05, 3.63) is 48.0 Å². The average Bonchev–Trinajstić information content (AvgIpc) is 2.68. The second-order valence-corrected chi connectivity index (χ2v) is 4.37. The van der Waals surface area contributed by atoms with Gasteiger partial charge in [0.05, 0.1) is 11.2 Å². The molecule has 5 heteroatoms. The van der Waals surface area contributed by atoms with Gasteiger partial charge in [-0.1, -0.05) is 12.1 Å². The average molecular weight is 259 g/mol. The number of nitrogens with two attached hydrogens (primary N) is 1. The Morgan fingerprint density at radius 2 is 1.95 bits per heavy atom. The summed E-state index contributed by atoms with van der Waals surface area (Å²) in [4.78, 5) is 0. The summed E-state index contributed by atoms with van der Waals surface area (Å²) < 4.78 is 28.5. The summed E-state index contributed by atoms with van der Waals surface area (Å²) in [7, 11) is 1.74. The molecule has 0 fully saturated rings. The van der Waals surface area contributed by atoms with Crippen molar-refractivity contribution < 1.29 is 8.78 Å². The van der Waals surface area contributed by atoms with Crippen molar-refractivity contribution >= 4 is 16.6 Å². The van der Waals surface area contributed by atoms with Gasteiger partial charge in [0, 0.05) is 18.0 Å². The number of rotatable bonds is 1. The Morgan fingerprint density at radius 1 is 1.16 bits per heavy atom. The number of nitrogens with zero attached hydrogens (tertiary/aromatic N) is 2. The fourth-order valence-electron chi connectivity index (χ4n) is 2.14. The third kappa shape index (κ3) is 1.83. The first kappa shape index (κ1) is 11.6. The van der Waals surface area contributed by atoms with Gasteiger partial charge in [0.25, 0.3) is 0 Å². The van der Waals surface area contributed by atoms with Crippen molar-refractivity contribution in [1.29, 1.82) is 0 Å². The minimum absolute atomic E-state index is 0.0706. The number of aromatic nitrogens is 2. The molecule has 19 heavy (non-hydrogen) atoms. The highest BCUT2D eigenvalue weighted by Crippen LogP contribution is 2.30. The smallest absolute Gasteiger partial charge is 0.146 e. The molecule has 1 heterocycles. The monoisotopic (exact) mass is 259 g/mol. The Balaban J connectivity index is 2.33. The van der Waals surface area contributed by atoms with Gasteiger partial charge < -0.3 is 5.73 Å². The van der Waals surface area contributed by atoms with E-state index in [2.05, 4.69) is 5.10 Å². The predicted octanol–water partition coefficient (Wildman–Crippen LogP) is 3.10. The van der Waals surface area contributed by atoms with Crippen LogP contribution in [-0.4, -0.2) is 9.78 Å². The first-order valence-electron chi connectivity index (χ1n) is 5.74. The van der Waals surface area contributed by atoms with E-state index in [1.165, 1.54) is 24.3 Å². The SMILES string of the molecule is Cn1nc(-c2cccc(F)c2)c2cc(F)c(N)cc21. The third-order valence-electron chi connectivity index (χ3n) is 3.07. The zero-order valence-corrected chi connectivity index (χ0v) is 10.2. The maximum absolute atomic E-state index is 13.6. The molecule has 0 saturated heterocycles. The van der Waals surface area contributed by atoms with Crippen molar-refractivity contribution in [3.63, 3.8) is 0 Å². The topological polar surface area (TPSA) is 43.8 Å². The Hall–Kier alpha value is -2.43. The lowest BCUT2D eigenvalue weighted by Gasteiger charge is -2.00. The second-order valence-electron chi connectivity index (χ2n) is 4.37. The molecule has 2 N–H and O–H groups in total. The molecule has 96 valence electrons. The molecule has 0 bridgehead atoms. The zero-order valence-electron chi connectivity index (χ0n) is 10.2. The largest absolute Gasteiger partial charge is 0.396 e. The molecule has 0 radical (unpaired) electrons. The van der Waals surface area contributed by atoms with Crippen LogP contribution in [0.4, 0.5) is 14.5 Å². The van der Waals surface area contributed by atoms with Crippen LogP contribution in [0.3, 0.4) is 0 Å². The van der Waals surface area contributed by atoms with Crippen LogP contribution in [0.25, 0.3) is 22.2 Å². The van der Waals surface area contributed by atoms with Gasteiger partial charge >= 0.3 is 0 Å². The molecule has 0 spiro atoms. The molecular weight excluding hydrogens is 248 g/mol. The van der Waals surface area contributed by atoms with E-state index in [0.717, 1.165) is 0 Å². The normalized spacial score (nSPS) is 11.1. The maximum Gasteiger partial charge on any atom is 0.146 e. The highest BCUT2D eigenvalue weighted by molar-refractivity contribution is 5.94. The molecular formula is C14H11F2N3. The number of anilines is 1. The van der Waals surface area contributed by atoms with Crippen molar-refractivity contribution in [1.82, 2.24) is 9.78 Å². The number of aryl methyl sites for hydroxylation is 1. The number of halogens is 2. The fraction of sp³-hybridized carbons (Fsp3) is 0.0714. The van der Waals surface area contributed by atoms with E-state index in [0.29, 0.717) is 22.2 Å². The van der Waals surface area contributed by atoms with E-state index in [-0.39, 0.29) is 11.5 Å². The molecule has 0 saturated carbocycles. The summed E-state index contributed by atoms with van der Waals surface area (Å²) in [6.07, 6.45) is 0. The van der Waals surface area contributed by atoms with Crippen molar-refractivity contribution in [2.24, 2.45) is 7.05 Å². The van der Waals surface area contributed by atoms with E-state index in [9.17, 15) is 8.78 Å². The zero-order chi connectivity index (χ0) is 13.6. The second kappa shape index (κ2) is 4.05. The molecule has 0 aliphatic carbocycles. The van der Waals surface area contributed by atoms with Crippen molar-refractivity contribution in [2.75, 3.05) is 5.73 Å². The lowest BCUT2D eigenvalue weighted by atomic mass is 10.1. The molecule has 3 rings (SSSR count). The van der Waals surface area contributed by atoms with Crippen LogP contribution < -0.4 is 5.73 Å². The van der Waals surface area contributed by atoms with Crippen LogP contribution in [0.2, 0.25) is 0 Å². The van der Waals surface area contributed by atoms with E-state index < -0.39 is 5.82 Å². The molecule has 0 aliphatic rings. The van der Waals surface area contributed by atoms with Crippen LogP contribution >= 0.6 is 0 Å². The van der Waals surface area contributed by atoms with E-state index in [4.69, 9.17) is 5.73 Å². The number of nitrogen functional groups attached to an aromatic ring is 1. The Kier molecular flexibility index (Phi) is 2.48. The summed E-state index contributed by atoms with van der Waals surface area (Å²) in [6, 6.07) is 8.92. The standard InChI is InChI=1S/C14H11F2N3/c1-19-13-7-12(17)11(16)6-10(13)14(18-19)8-3-2-4-9(15)5-8/h2-7H,17H2,1H3. The van der Waals surface area contributed by atoms with E-state index >= 15 is 0 Å². The van der Waals surface area contributed by atoms with Crippen LogP contribution in [-0.2, 0) is 7.05 Å². The van der Waals surface area contributed by atoms with Crippen LogP contribution in [0.5, 0.6) is 0 Å². The summed E-state index contributed by atoms with van der Waals surface area (Å²) in [5, 5.41) is 4.92. The first-order chi connectivity index (χ1) is 9.06. The summed E-state index contributed by atoms with van der Waals surface area (Å²) in [6.45, 7) is 0. The van der Waals surface area contributed by atoms with Crippen molar-refractivity contribution in [2.45, 2.75) is 0 Å². The highest BCUT2D eigenvalue weighted by Gasteiger charge is 2.13. The Morgan fingerprint density at radius 3 is 2.68 bits per heavy atom. The number of hydrogen-bond acceptors (Lipinski definition) is 2. The van der Waals surface area contributed by atoms with Gasteiger partial charge in [-0.15, -0.1) is 0 Å². The van der Waals surface area contributed by atoms with Gasteiger partial charge in [-0.05, 0) is 24.3 Å². The van der Waals surface area contributed by atoms with Crippen LogP contribution in [0.15, 0.2) is 36.4 Å². The summed E-state index contributed by atoms with van der Waals surface area (Å²) in [5.74, 6) is -0.856. The molecule has 3 nitrogen and oxygen atoms in total. The van der Waals surface area contributed by atoms with Gasteiger partial charge in [0.1, 0.15) is 17.3 Å². The minimum Gasteiger partial charge on any atom is -0.396 e. The van der Waals surface area contributed by atoms with Crippen molar-refractivity contribution in [3.8, 4) is 11.3 Å². The Labute approximate surface area is 108 Å². The lowest BCUT2D eigenvalue weighted by Crippen LogP contribution is -1.93.